The summed E-state index contributed by atoms with van der Waals surface area (Å²) in [5.74, 6) is 1.91. The molecule has 1 aliphatic rings. The molecule has 0 saturated heterocycles. The van der Waals surface area contributed by atoms with E-state index in [4.69, 9.17) is 19.9 Å². The van der Waals surface area contributed by atoms with Gasteiger partial charge in [-0.25, -0.2) is 4.98 Å². The summed E-state index contributed by atoms with van der Waals surface area (Å²) in [6.07, 6.45) is 2.38. The van der Waals surface area contributed by atoms with Gasteiger partial charge in [0.05, 0.1) is 25.0 Å². The zero-order chi connectivity index (χ0) is 16.9. The molecule has 7 nitrogen and oxygen atoms in total. The molecule has 1 aromatic carbocycles. The Bertz CT molecular complexity index is 701. The molecule has 126 valence electrons. The molecule has 0 spiro atoms. The van der Waals surface area contributed by atoms with Crippen LogP contribution in [0, 0.1) is 0 Å². The number of pyridine rings is 1. The number of methoxy groups -OCH3 is 2. The van der Waals surface area contributed by atoms with Gasteiger partial charge < -0.3 is 19.9 Å². The van der Waals surface area contributed by atoms with Crippen LogP contribution in [0.1, 0.15) is 18.0 Å². The predicted octanol–water partition coefficient (Wildman–Crippen LogP) is 2.30. The van der Waals surface area contributed by atoms with Crippen molar-refractivity contribution in [2.45, 2.75) is 12.5 Å². The summed E-state index contributed by atoms with van der Waals surface area (Å²) in [5.41, 5.74) is 7.92. The maximum atomic E-state index is 5.96. The molecule has 1 aromatic heterocycles. The third kappa shape index (κ3) is 3.41. The highest BCUT2D eigenvalue weighted by Crippen LogP contribution is 2.35. The molecule has 0 radical (unpaired) electrons. The van der Waals surface area contributed by atoms with E-state index in [1.54, 1.807) is 26.5 Å². The minimum absolute atomic E-state index is 0.0247. The van der Waals surface area contributed by atoms with E-state index in [9.17, 15) is 0 Å². The lowest BCUT2D eigenvalue weighted by atomic mass is 10.0. The molecule has 1 unspecified atom stereocenters. The summed E-state index contributed by atoms with van der Waals surface area (Å²) in [6.45, 7) is 0.225. The Morgan fingerprint density at radius 3 is 2.58 bits per heavy atom. The van der Waals surface area contributed by atoms with E-state index >= 15 is 0 Å². The standard InChI is InChI=1S/C17H20N4O3/c1-22-11-24-14-6-3-12(4-7-14)15-9-16(18)20-21(15)13-5-8-17(23-2)19-10-13/h3-8,10,15H,9,11H2,1-2H3,(H2,18,20). The van der Waals surface area contributed by atoms with Crippen LogP contribution in [-0.4, -0.2) is 31.8 Å². The second-order valence-electron chi connectivity index (χ2n) is 5.33. The lowest BCUT2D eigenvalue weighted by molar-refractivity contribution is 0.0511. The molecule has 7 heteroatoms. The van der Waals surface area contributed by atoms with Crippen LogP contribution in [0.25, 0.3) is 0 Å². The molecule has 0 aliphatic carbocycles. The van der Waals surface area contributed by atoms with Crippen molar-refractivity contribution in [2.24, 2.45) is 10.8 Å². The first-order valence-electron chi connectivity index (χ1n) is 7.55. The normalized spacial score (nSPS) is 16.8. The third-order valence-electron chi connectivity index (χ3n) is 3.74. The van der Waals surface area contributed by atoms with Gasteiger partial charge in [0.15, 0.2) is 6.79 Å². The molecule has 24 heavy (non-hydrogen) atoms. The van der Waals surface area contributed by atoms with Gasteiger partial charge in [0.2, 0.25) is 5.88 Å². The van der Waals surface area contributed by atoms with Crippen molar-refractivity contribution < 1.29 is 14.2 Å². The second kappa shape index (κ2) is 7.18. The summed E-state index contributed by atoms with van der Waals surface area (Å²) in [7, 11) is 3.18. The topological polar surface area (TPSA) is 82.2 Å². The summed E-state index contributed by atoms with van der Waals surface area (Å²) in [5, 5.41) is 6.32. The molecular formula is C17H20N4O3. The van der Waals surface area contributed by atoms with E-state index in [1.807, 2.05) is 35.3 Å². The average Bonchev–Trinajstić information content (AvgIpc) is 3.02. The molecule has 0 fully saturated rings. The Kier molecular flexibility index (Phi) is 4.81. The number of hydrazone groups is 1. The van der Waals surface area contributed by atoms with Gasteiger partial charge in [0, 0.05) is 19.6 Å². The van der Waals surface area contributed by atoms with Crippen molar-refractivity contribution in [3.8, 4) is 11.6 Å². The minimum Gasteiger partial charge on any atom is -0.481 e. The fourth-order valence-corrected chi connectivity index (χ4v) is 2.57. The Morgan fingerprint density at radius 1 is 1.17 bits per heavy atom. The SMILES string of the molecule is COCOc1ccc(C2CC(N)=NN2c2ccc(OC)nc2)cc1. The van der Waals surface area contributed by atoms with Crippen LogP contribution in [0.2, 0.25) is 0 Å². The molecular weight excluding hydrogens is 308 g/mol. The largest absolute Gasteiger partial charge is 0.481 e. The van der Waals surface area contributed by atoms with Crippen molar-refractivity contribution >= 4 is 11.5 Å². The van der Waals surface area contributed by atoms with Crippen molar-refractivity contribution in [1.29, 1.82) is 0 Å². The molecule has 0 saturated carbocycles. The van der Waals surface area contributed by atoms with Gasteiger partial charge in [0.1, 0.15) is 11.6 Å². The van der Waals surface area contributed by atoms with Gasteiger partial charge in [-0.3, -0.25) is 5.01 Å². The van der Waals surface area contributed by atoms with Gasteiger partial charge in [-0.15, -0.1) is 0 Å². The van der Waals surface area contributed by atoms with Crippen LogP contribution < -0.4 is 20.2 Å². The van der Waals surface area contributed by atoms with Gasteiger partial charge in [-0.2, -0.15) is 5.10 Å². The summed E-state index contributed by atoms with van der Waals surface area (Å²) in [6, 6.07) is 11.6. The first-order valence-corrected chi connectivity index (χ1v) is 7.55. The maximum absolute atomic E-state index is 5.96. The van der Waals surface area contributed by atoms with Crippen LogP contribution in [0.15, 0.2) is 47.7 Å². The van der Waals surface area contributed by atoms with Gasteiger partial charge in [0.25, 0.3) is 0 Å². The zero-order valence-electron chi connectivity index (χ0n) is 13.7. The lowest BCUT2D eigenvalue weighted by Gasteiger charge is -2.23. The van der Waals surface area contributed by atoms with Crippen LogP contribution in [0.3, 0.4) is 0 Å². The number of amidine groups is 1. The van der Waals surface area contributed by atoms with Gasteiger partial charge >= 0.3 is 0 Å². The molecule has 0 bridgehead atoms. The number of nitrogens with zero attached hydrogens (tertiary/aromatic N) is 3. The number of aromatic nitrogens is 1. The molecule has 2 heterocycles. The summed E-state index contributed by atoms with van der Waals surface area (Å²) >= 11 is 0. The van der Waals surface area contributed by atoms with Crippen LogP contribution in [-0.2, 0) is 4.74 Å². The number of benzene rings is 1. The van der Waals surface area contributed by atoms with Crippen molar-refractivity contribution in [3.63, 3.8) is 0 Å². The van der Waals surface area contributed by atoms with Crippen molar-refractivity contribution in [1.82, 2.24) is 4.98 Å². The van der Waals surface area contributed by atoms with Gasteiger partial charge in [-0.1, -0.05) is 12.1 Å². The molecule has 2 N–H and O–H groups in total. The molecule has 2 aromatic rings. The van der Waals surface area contributed by atoms with Crippen LogP contribution >= 0.6 is 0 Å². The zero-order valence-corrected chi connectivity index (χ0v) is 13.7. The number of nitrogens with two attached hydrogens (primary N) is 1. The maximum Gasteiger partial charge on any atom is 0.213 e. The molecule has 0 amide bonds. The highest BCUT2D eigenvalue weighted by molar-refractivity contribution is 5.85. The van der Waals surface area contributed by atoms with E-state index in [2.05, 4.69) is 10.1 Å². The number of hydrogen-bond acceptors (Lipinski definition) is 7. The predicted molar refractivity (Wildman–Crippen MR) is 91.2 cm³/mol. The average molecular weight is 328 g/mol. The minimum atomic E-state index is 0.0247. The van der Waals surface area contributed by atoms with E-state index in [-0.39, 0.29) is 12.8 Å². The fraction of sp³-hybridized carbons (Fsp3) is 0.294. The lowest BCUT2D eigenvalue weighted by Crippen LogP contribution is -2.18. The van der Waals surface area contributed by atoms with Gasteiger partial charge in [-0.05, 0) is 23.8 Å². The summed E-state index contributed by atoms with van der Waals surface area (Å²) in [4.78, 5) is 4.23. The van der Waals surface area contributed by atoms with E-state index in [1.165, 1.54) is 0 Å². The first-order chi connectivity index (χ1) is 11.7. The molecule has 1 aliphatic heterocycles. The third-order valence-corrected chi connectivity index (χ3v) is 3.74. The Hall–Kier alpha value is -2.80. The number of anilines is 1. The van der Waals surface area contributed by atoms with E-state index in [0.29, 0.717) is 18.1 Å². The fourth-order valence-electron chi connectivity index (χ4n) is 2.57. The highest BCUT2D eigenvalue weighted by atomic mass is 16.7. The monoisotopic (exact) mass is 328 g/mol. The number of hydrogen-bond donors (Lipinski definition) is 1. The quantitative estimate of drug-likeness (QED) is 0.819. The smallest absolute Gasteiger partial charge is 0.213 e. The van der Waals surface area contributed by atoms with Crippen molar-refractivity contribution in [3.05, 3.63) is 48.2 Å². The Labute approximate surface area is 140 Å². The van der Waals surface area contributed by atoms with Crippen LogP contribution in [0.4, 0.5) is 5.69 Å². The second-order valence-corrected chi connectivity index (χ2v) is 5.33. The van der Waals surface area contributed by atoms with E-state index in [0.717, 1.165) is 17.0 Å². The first kappa shape index (κ1) is 16.1. The number of rotatable bonds is 6. The Balaban J connectivity index is 1.80. The molecule has 1 atom stereocenters. The van der Waals surface area contributed by atoms with E-state index < -0.39 is 0 Å². The Morgan fingerprint density at radius 2 is 1.96 bits per heavy atom. The van der Waals surface area contributed by atoms with Crippen LogP contribution in [0.5, 0.6) is 11.6 Å². The van der Waals surface area contributed by atoms with Crippen molar-refractivity contribution in [2.75, 3.05) is 26.0 Å². The molecule has 3 rings (SSSR count). The number of ether oxygens (including phenoxy) is 3. The highest BCUT2D eigenvalue weighted by Gasteiger charge is 2.28. The summed E-state index contributed by atoms with van der Waals surface area (Å²) < 4.78 is 15.4.